The van der Waals surface area contributed by atoms with Crippen molar-refractivity contribution in [1.29, 1.82) is 0 Å². The Morgan fingerprint density at radius 3 is 2.95 bits per heavy atom. The number of amides is 1. The van der Waals surface area contributed by atoms with E-state index in [1.165, 1.54) is 11.9 Å². The van der Waals surface area contributed by atoms with Crippen molar-refractivity contribution in [2.45, 2.75) is 18.9 Å². The van der Waals surface area contributed by atoms with Gasteiger partial charge >= 0.3 is 0 Å². The number of nitrogens with zero attached hydrogens (tertiary/aromatic N) is 2. The lowest BCUT2D eigenvalue weighted by molar-refractivity contribution is 0.0914. The average Bonchev–Trinajstić information content (AvgIpc) is 3.17. The summed E-state index contributed by atoms with van der Waals surface area (Å²) >= 11 is 0. The van der Waals surface area contributed by atoms with Gasteiger partial charge in [0.05, 0.1) is 6.20 Å². The summed E-state index contributed by atoms with van der Waals surface area (Å²) < 4.78 is 4.85. The molecule has 1 amide bonds. The number of carbonyl (C=O) groups is 1. The second-order valence-electron chi connectivity index (χ2n) is 4.91. The van der Waals surface area contributed by atoms with Crippen LogP contribution in [0.3, 0.4) is 0 Å². The highest BCUT2D eigenvalue weighted by molar-refractivity contribution is 5.91. The Bertz CT molecular complexity index is 554. The van der Waals surface area contributed by atoms with Gasteiger partial charge in [-0.2, -0.15) is 0 Å². The smallest absolute Gasteiger partial charge is 0.289 e. The van der Waals surface area contributed by atoms with Crippen LogP contribution in [0.5, 0.6) is 0 Å². The molecule has 1 aliphatic rings. The Morgan fingerprint density at radius 1 is 1.35 bits per heavy atom. The normalized spacial score (nSPS) is 18.2. The number of carbonyl (C=O) groups excluding carboxylic acids is 1. The molecule has 1 unspecified atom stereocenters. The minimum Gasteiger partial charge on any atom is -0.367 e. The van der Waals surface area contributed by atoms with Crippen LogP contribution in [-0.2, 0) is 0 Å². The third-order valence-electron chi connectivity index (χ3n) is 3.62. The predicted molar refractivity (Wildman–Crippen MR) is 75.6 cm³/mol. The molecule has 2 aromatic rings. The summed E-state index contributed by atoms with van der Waals surface area (Å²) in [6.07, 6.45) is 3.71. The number of aromatic nitrogens is 1. The predicted octanol–water partition coefficient (Wildman–Crippen LogP) is 2.07. The maximum Gasteiger partial charge on any atom is 0.289 e. The molecule has 0 radical (unpaired) electrons. The fourth-order valence-electron chi connectivity index (χ4n) is 2.64. The van der Waals surface area contributed by atoms with Gasteiger partial charge in [0.25, 0.3) is 5.91 Å². The molecule has 1 aliphatic heterocycles. The van der Waals surface area contributed by atoms with Crippen molar-refractivity contribution in [2.75, 3.05) is 18.0 Å². The van der Waals surface area contributed by atoms with Crippen molar-refractivity contribution in [3.8, 4) is 0 Å². The first-order valence-corrected chi connectivity index (χ1v) is 6.85. The van der Waals surface area contributed by atoms with Gasteiger partial charge in [-0.05, 0) is 25.0 Å². The molecule has 0 aliphatic carbocycles. The minimum atomic E-state index is -0.206. The fourth-order valence-corrected chi connectivity index (χ4v) is 2.64. The van der Waals surface area contributed by atoms with Gasteiger partial charge < -0.3 is 14.7 Å². The number of para-hydroxylation sites is 1. The molecule has 5 nitrogen and oxygen atoms in total. The Morgan fingerprint density at radius 2 is 2.20 bits per heavy atom. The molecule has 1 N–H and O–H groups in total. The van der Waals surface area contributed by atoms with Crippen LogP contribution in [0, 0.1) is 0 Å². The van der Waals surface area contributed by atoms with Crippen LogP contribution in [-0.4, -0.2) is 30.2 Å². The van der Waals surface area contributed by atoms with Crippen molar-refractivity contribution < 1.29 is 9.32 Å². The van der Waals surface area contributed by atoms with E-state index in [4.69, 9.17) is 4.52 Å². The summed E-state index contributed by atoms with van der Waals surface area (Å²) in [5.41, 5.74) is 1.21. The molecule has 0 saturated carbocycles. The zero-order valence-corrected chi connectivity index (χ0v) is 11.2. The minimum absolute atomic E-state index is 0.206. The summed E-state index contributed by atoms with van der Waals surface area (Å²) in [6, 6.07) is 12.2. The topological polar surface area (TPSA) is 58.4 Å². The standard InChI is InChI=1S/C15H17N3O2/c19-15(14-8-9-17-20-14)16-11-13-7-4-10-18(13)12-5-2-1-3-6-12/h1-3,5-6,8-9,13H,4,7,10-11H2,(H,16,19). The van der Waals surface area contributed by atoms with Gasteiger partial charge in [0, 0.05) is 30.9 Å². The average molecular weight is 271 g/mol. The second-order valence-corrected chi connectivity index (χ2v) is 4.91. The van der Waals surface area contributed by atoms with E-state index in [9.17, 15) is 4.79 Å². The molecule has 2 heterocycles. The maximum absolute atomic E-state index is 11.8. The van der Waals surface area contributed by atoms with Crippen molar-refractivity contribution in [1.82, 2.24) is 10.5 Å². The van der Waals surface area contributed by atoms with Crippen molar-refractivity contribution in [3.05, 3.63) is 48.4 Å². The molecule has 5 heteroatoms. The SMILES string of the molecule is O=C(NCC1CCCN1c1ccccc1)c1ccno1. The molecule has 0 spiro atoms. The highest BCUT2D eigenvalue weighted by Crippen LogP contribution is 2.24. The molecule has 1 fully saturated rings. The molecular formula is C15H17N3O2. The highest BCUT2D eigenvalue weighted by atomic mass is 16.5. The van der Waals surface area contributed by atoms with Crippen LogP contribution in [0.2, 0.25) is 0 Å². The zero-order valence-electron chi connectivity index (χ0n) is 11.2. The Balaban J connectivity index is 1.61. The number of rotatable bonds is 4. The van der Waals surface area contributed by atoms with E-state index in [-0.39, 0.29) is 11.7 Å². The van der Waals surface area contributed by atoms with Gasteiger partial charge in [-0.3, -0.25) is 4.79 Å². The third kappa shape index (κ3) is 2.66. The van der Waals surface area contributed by atoms with E-state index < -0.39 is 0 Å². The van der Waals surface area contributed by atoms with E-state index in [1.54, 1.807) is 6.07 Å². The van der Waals surface area contributed by atoms with Crippen molar-refractivity contribution in [2.24, 2.45) is 0 Å². The van der Waals surface area contributed by atoms with E-state index in [0.29, 0.717) is 12.6 Å². The first kappa shape index (κ1) is 12.7. The second kappa shape index (κ2) is 5.77. The summed E-state index contributed by atoms with van der Waals surface area (Å²) in [5, 5.41) is 6.45. The molecule has 20 heavy (non-hydrogen) atoms. The number of anilines is 1. The Labute approximate surface area is 117 Å². The lowest BCUT2D eigenvalue weighted by Crippen LogP contribution is -2.40. The summed E-state index contributed by atoms with van der Waals surface area (Å²) in [6.45, 7) is 1.65. The van der Waals surface area contributed by atoms with Crippen LogP contribution in [0.25, 0.3) is 0 Å². The summed E-state index contributed by atoms with van der Waals surface area (Å²) in [5.74, 6) is 0.0525. The van der Waals surface area contributed by atoms with Gasteiger partial charge in [-0.1, -0.05) is 23.4 Å². The molecule has 0 bridgehead atoms. The van der Waals surface area contributed by atoms with Crippen molar-refractivity contribution in [3.63, 3.8) is 0 Å². The van der Waals surface area contributed by atoms with Gasteiger partial charge in [0.1, 0.15) is 0 Å². The Hall–Kier alpha value is -2.30. The molecular weight excluding hydrogens is 254 g/mol. The van der Waals surface area contributed by atoms with Crippen LogP contribution in [0.4, 0.5) is 5.69 Å². The zero-order chi connectivity index (χ0) is 13.8. The highest BCUT2D eigenvalue weighted by Gasteiger charge is 2.25. The monoisotopic (exact) mass is 271 g/mol. The van der Waals surface area contributed by atoms with E-state index in [2.05, 4.69) is 27.5 Å². The number of benzene rings is 1. The quantitative estimate of drug-likeness (QED) is 0.925. The summed E-state index contributed by atoms with van der Waals surface area (Å²) in [4.78, 5) is 14.2. The summed E-state index contributed by atoms with van der Waals surface area (Å²) in [7, 11) is 0. The number of hydrogen-bond donors (Lipinski definition) is 1. The first-order valence-electron chi connectivity index (χ1n) is 6.85. The molecule has 1 saturated heterocycles. The lowest BCUT2D eigenvalue weighted by Gasteiger charge is -2.26. The van der Waals surface area contributed by atoms with E-state index in [0.717, 1.165) is 19.4 Å². The van der Waals surface area contributed by atoms with Crippen molar-refractivity contribution >= 4 is 11.6 Å². The molecule has 104 valence electrons. The van der Waals surface area contributed by atoms with Crippen LogP contribution < -0.4 is 10.2 Å². The Kier molecular flexibility index (Phi) is 3.67. The van der Waals surface area contributed by atoms with Crippen LogP contribution in [0.1, 0.15) is 23.4 Å². The first-order chi connectivity index (χ1) is 9.84. The van der Waals surface area contributed by atoms with Gasteiger partial charge in [-0.25, -0.2) is 0 Å². The fraction of sp³-hybridized carbons (Fsp3) is 0.333. The number of hydrogen-bond acceptors (Lipinski definition) is 4. The molecule has 1 atom stereocenters. The van der Waals surface area contributed by atoms with Gasteiger partial charge in [0.15, 0.2) is 0 Å². The van der Waals surface area contributed by atoms with Crippen LogP contribution in [0.15, 0.2) is 47.1 Å². The molecule has 1 aromatic carbocycles. The van der Waals surface area contributed by atoms with Crippen LogP contribution >= 0.6 is 0 Å². The van der Waals surface area contributed by atoms with Gasteiger partial charge in [0.2, 0.25) is 5.76 Å². The van der Waals surface area contributed by atoms with E-state index in [1.807, 2.05) is 18.2 Å². The molecule has 3 rings (SSSR count). The largest absolute Gasteiger partial charge is 0.367 e. The lowest BCUT2D eigenvalue weighted by atomic mass is 10.2. The van der Waals surface area contributed by atoms with Gasteiger partial charge in [-0.15, -0.1) is 0 Å². The number of nitrogens with one attached hydrogen (secondary N) is 1. The van der Waals surface area contributed by atoms with E-state index >= 15 is 0 Å². The molecule has 1 aromatic heterocycles. The third-order valence-corrected chi connectivity index (χ3v) is 3.62. The maximum atomic E-state index is 11.8.